The second-order valence-corrected chi connectivity index (χ2v) is 9.53. The van der Waals surface area contributed by atoms with Crippen LogP contribution in [0.15, 0.2) is 53.6 Å². The largest absolute Gasteiger partial charge is 0.495 e. The van der Waals surface area contributed by atoms with Crippen LogP contribution in [0, 0.1) is 20.8 Å². The quantitative estimate of drug-likeness (QED) is 0.359. The van der Waals surface area contributed by atoms with Crippen molar-refractivity contribution in [3.05, 3.63) is 80.7 Å². The smallest absolute Gasteiger partial charge is 0.266 e. The van der Waals surface area contributed by atoms with E-state index >= 15 is 0 Å². The predicted molar refractivity (Wildman–Crippen MR) is 143 cm³/mol. The number of aryl methyl sites for hydroxylation is 3. The van der Waals surface area contributed by atoms with Gasteiger partial charge in [-0.25, -0.2) is 4.98 Å². The lowest BCUT2D eigenvalue weighted by Crippen LogP contribution is -2.33. The predicted octanol–water partition coefficient (Wildman–Crippen LogP) is 5.23. The zero-order chi connectivity index (χ0) is 26.0. The van der Waals surface area contributed by atoms with Crippen molar-refractivity contribution in [3.8, 4) is 5.75 Å². The first kappa shape index (κ1) is 25.1. The molecule has 9 heteroatoms. The second kappa shape index (κ2) is 10.3. The molecule has 1 atom stereocenters. The van der Waals surface area contributed by atoms with Crippen LogP contribution >= 0.6 is 11.3 Å². The monoisotopic (exact) mass is 504 g/mol. The van der Waals surface area contributed by atoms with Gasteiger partial charge in [0, 0.05) is 5.69 Å². The van der Waals surface area contributed by atoms with Crippen molar-refractivity contribution in [1.82, 2.24) is 9.55 Å². The number of amides is 2. The maximum absolute atomic E-state index is 13.5. The SMILES string of the molecule is CCC(C(=O)Nc1c(C)cccc1C)n1cnc2sc(C(=O)Nc3ccccc3OC)c(C)c2c1=O. The number of methoxy groups -OCH3 is 1. The summed E-state index contributed by atoms with van der Waals surface area (Å²) in [6.07, 6.45) is 1.79. The van der Waals surface area contributed by atoms with E-state index in [9.17, 15) is 14.4 Å². The van der Waals surface area contributed by atoms with Crippen molar-refractivity contribution in [1.29, 1.82) is 0 Å². The molecule has 8 nitrogen and oxygen atoms in total. The third-order valence-corrected chi connectivity index (χ3v) is 7.39. The minimum Gasteiger partial charge on any atom is -0.495 e. The first-order valence-corrected chi connectivity index (χ1v) is 12.4. The highest BCUT2D eigenvalue weighted by atomic mass is 32.1. The Balaban J connectivity index is 1.68. The van der Waals surface area contributed by atoms with Gasteiger partial charge in [-0.05, 0) is 56.0 Å². The van der Waals surface area contributed by atoms with Crippen LogP contribution in [-0.2, 0) is 4.79 Å². The normalized spacial score (nSPS) is 11.8. The van der Waals surface area contributed by atoms with Crippen LogP contribution < -0.4 is 20.9 Å². The number of carbonyl (C=O) groups is 2. The number of carbonyl (C=O) groups excluding carboxylic acids is 2. The van der Waals surface area contributed by atoms with Crippen LogP contribution in [0.3, 0.4) is 0 Å². The average Bonchev–Trinajstić information content (AvgIpc) is 3.21. The van der Waals surface area contributed by atoms with E-state index in [1.165, 1.54) is 18.0 Å². The molecule has 4 aromatic rings. The van der Waals surface area contributed by atoms with E-state index in [1.54, 1.807) is 25.1 Å². The van der Waals surface area contributed by atoms with Crippen molar-refractivity contribution >= 4 is 44.7 Å². The lowest BCUT2D eigenvalue weighted by molar-refractivity contribution is -0.119. The van der Waals surface area contributed by atoms with Gasteiger partial charge in [0.05, 0.1) is 29.4 Å². The lowest BCUT2D eigenvalue weighted by atomic mass is 10.1. The molecule has 0 saturated carbocycles. The minimum atomic E-state index is -0.751. The van der Waals surface area contributed by atoms with E-state index in [4.69, 9.17) is 4.74 Å². The van der Waals surface area contributed by atoms with E-state index in [1.807, 2.05) is 45.0 Å². The summed E-state index contributed by atoms with van der Waals surface area (Å²) in [5.74, 6) is -0.114. The Bertz CT molecular complexity index is 1500. The number of benzene rings is 2. The molecule has 2 heterocycles. The van der Waals surface area contributed by atoms with Crippen molar-refractivity contribution in [2.75, 3.05) is 17.7 Å². The molecule has 186 valence electrons. The summed E-state index contributed by atoms with van der Waals surface area (Å²) in [4.78, 5) is 45.1. The van der Waals surface area contributed by atoms with Crippen molar-refractivity contribution in [2.45, 2.75) is 40.2 Å². The molecule has 2 aromatic heterocycles. The van der Waals surface area contributed by atoms with E-state index in [0.717, 1.165) is 28.2 Å². The van der Waals surface area contributed by atoms with Gasteiger partial charge in [-0.1, -0.05) is 37.3 Å². The summed E-state index contributed by atoms with van der Waals surface area (Å²) < 4.78 is 6.66. The van der Waals surface area contributed by atoms with Crippen molar-refractivity contribution in [2.24, 2.45) is 0 Å². The Morgan fingerprint density at radius 1 is 1.06 bits per heavy atom. The highest BCUT2D eigenvalue weighted by molar-refractivity contribution is 7.20. The molecule has 0 radical (unpaired) electrons. The van der Waals surface area contributed by atoms with Crippen LogP contribution in [-0.4, -0.2) is 28.5 Å². The molecular formula is C27H28N4O4S. The standard InChI is InChI=1S/C27H28N4O4S/c1-6-19(24(32)30-22-15(2)10-9-11-16(22)3)31-14-28-26-21(27(31)34)17(4)23(36-26)25(33)29-18-12-7-8-13-20(18)35-5/h7-14,19H,6H2,1-5H3,(H,29,33)(H,30,32). The molecule has 0 fully saturated rings. The highest BCUT2D eigenvalue weighted by Gasteiger charge is 2.25. The van der Waals surface area contributed by atoms with Crippen LogP contribution in [0.25, 0.3) is 10.2 Å². The van der Waals surface area contributed by atoms with E-state index in [2.05, 4.69) is 15.6 Å². The molecule has 0 saturated heterocycles. The second-order valence-electron chi connectivity index (χ2n) is 8.53. The summed E-state index contributed by atoms with van der Waals surface area (Å²) in [5, 5.41) is 6.17. The summed E-state index contributed by atoms with van der Waals surface area (Å²) in [6.45, 7) is 7.42. The summed E-state index contributed by atoms with van der Waals surface area (Å²) in [5.41, 5.74) is 3.33. The minimum absolute atomic E-state index is 0.292. The molecule has 36 heavy (non-hydrogen) atoms. The van der Waals surface area contributed by atoms with Gasteiger partial charge in [-0.2, -0.15) is 0 Å². The molecule has 0 aliphatic heterocycles. The Morgan fingerprint density at radius 2 is 1.75 bits per heavy atom. The fourth-order valence-corrected chi connectivity index (χ4v) is 5.26. The average molecular weight is 505 g/mol. The number of hydrogen-bond acceptors (Lipinski definition) is 6. The third kappa shape index (κ3) is 4.61. The van der Waals surface area contributed by atoms with Crippen LogP contribution in [0.4, 0.5) is 11.4 Å². The van der Waals surface area contributed by atoms with Gasteiger partial charge in [0.2, 0.25) is 5.91 Å². The Labute approximate surface area is 212 Å². The Morgan fingerprint density at radius 3 is 2.42 bits per heavy atom. The van der Waals surface area contributed by atoms with Gasteiger partial charge < -0.3 is 15.4 Å². The van der Waals surface area contributed by atoms with Gasteiger partial charge in [0.15, 0.2) is 0 Å². The molecular weight excluding hydrogens is 476 g/mol. The molecule has 2 aromatic carbocycles. The number of thiophene rings is 1. The Hall–Kier alpha value is -3.98. The zero-order valence-electron chi connectivity index (χ0n) is 20.8. The molecule has 1 unspecified atom stereocenters. The number of aromatic nitrogens is 2. The Kier molecular flexibility index (Phi) is 7.21. The van der Waals surface area contributed by atoms with E-state index in [0.29, 0.717) is 38.5 Å². The number of anilines is 2. The van der Waals surface area contributed by atoms with Gasteiger partial charge in [0.25, 0.3) is 11.5 Å². The summed E-state index contributed by atoms with van der Waals surface area (Å²) in [7, 11) is 1.53. The van der Waals surface area contributed by atoms with Gasteiger partial charge >= 0.3 is 0 Å². The molecule has 0 aliphatic carbocycles. The van der Waals surface area contributed by atoms with E-state index < -0.39 is 6.04 Å². The maximum atomic E-state index is 13.5. The van der Waals surface area contributed by atoms with Gasteiger partial charge in [0.1, 0.15) is 16.6 Å². The van der Waals surface area contributed by atoms with Gasteiger partial charge in [-0.3, -0.25) is 19.0 Å². The number of nitrogens with one attached hydrogen (secondary N) is 2. The third-order valence-electron chi connectivity index (χ3n) is 6.19. The van der Waals surface area contributed by atoms with Crippen molar-refractivity contribution < 1.29 is 14.3 Å². The first-order chi connectivity index (χ1) is 17.3. The molecule has 0 aliphatic rings. The van der Waals surface area contributed by atoms with E-state index in [-0.39, 0.29) is 17.4 Å². The number of ether oxygens (including phenoxy) is 1. The molecule has 4 rings (SSSR count). The number of nitrogens with zero attached hydrogens (tertiary/aromatic N) is 2. The van der Waals surface area contributed by atoms with Crippen LogP contribution in [0.5, 0.6) is 5.75 Å². The van der Waals surface area contributed by atoms with Gasteiger partial charge in [-0.15, -0.1) is 11.3 Å². The lowest BCUT2D eigenvalue weighted by Gasteiger charge is -2.19. The maximum Gasteiger partial charge on any atom is 0.266 e. The fourth-order valence-electron chi connectivity index (χ4n) is 4.23. The molecule has 2 amide bonds. The number of hydrogen-bond donors (Lipinski definition) is 2. The number of rotatable bonds is 7. The first-order valence-electron chi connectivity index (χ1n) is 11.6. The molecule has 0 spiro atoms. The number of fused-ring (bicyclic) bond motifs is 1. The number of para-hydroxylation sites is 3. The van der Waals surface area contributed by atoms with Crippen LogP contribution in [0.2, 0.25) is 0 Å². The topological polar surface area (TPSA) is 102 Å². The molecule has 0 bridgehead atoms. The summed E-state index contributed by atoms with van der Waals surface area (Å²) in [6, 6.07) is 12.1. The van der Waals surface area contributed by atoms with Crippen molar-refractivity contribution in [3.63, 3.8) is 0 Å². The zero-order valence-corrected chi connectivity index (χ0v) is 21.7. The van der Waals surface area contributed by atoms with Crippen LogP contribution in [0.1, 0.15) is 45.7 Å². The molecule has 2 N–H and O–H groups in total. The highest BCUT2D eigenvalue weighted by Crippen LogP contribution is 2.30. The summed E-state index contributed by atoms with van der Waals surface area (Å²) >= 11 is 1.14. The fraction of sp³-hybridized carbons (Fsp3) is 0.259.